The molecule has 0 spiro atoms. The first-order valence-corrected chi connectivity index (χ1v) is 10.5. The van der Waals surface area contributed by atoms with Gasteiger partial charge in [-0.2, -0.15) is 23.1 Å². The summed E-state index contributed by atoms with van der Waals surface area (Å²) in [7, 11) is 1.30. The van der Waals surface area contributed by atoms with E-state index < -0.39 is 35.0 Å². The Morgan fingerprint density at radius 3 is 2.65 bits per heavy atom. The number of anilines is 2. The van der Waals surface area contributed by atoms with Crippen LogP contribution in [0, 0.1) is 5.82 Å². The summed E-state index contributed by atoms with van der Waals surface area (Å²) in [6, 6.07) is 0.866. The Labute approximate surface area is 192 Å². The molecule has 0 saturated heterocycles. The van der Waals surface area contributed by atoms with Gasteiger partial charge in [0.1, 0.15) is 22.4 Å². The number of hydrogen-bond acceptors (Lipinski definition) is 9. The maximum absolute atomic E-state index is 15.8. The van der Waals surface area contributed by atoms with E-state index in [2.05, 4.69) is 30.6 Å². The van der Waals surface area contributed by atoms with Crippen molar-refractivity contribution in [1.29, 1.82) is 0 Å². The number of rotatable bonds is 2. The lowest BCUT2D eigenvalue weighted by Gasteiger charge is -2.20. The molecule has 3 aromatic heterocycles. The minimum Gasteiger partial charge on any atom is -0.474 e. The van der Waals surface area contributed by atoms with E-state index in [0.29, 0.717) is 19.5 Å². The number of nitrogens with two attached hydrogens (primary N) is 1. The fourth-order valence-corrected chi connectivity index (χ4v) is 3.81. The van der Waals surface area contributed by atoms with Crippen LogP contribution >= 0.6 is 0 Å². The molecule has 4 N–H and O–H groups in total. The zero-order valence-electron chi connectivity index (χ0n) is 18.6. The van der Waals surface area contributed by atoms with Gasteiger partial charge < -0.3 is 25.8 Å². The fraction of sp³-hybridized carbons (Fsp3) is 0.429. The van der Waals surface area contributed by atoms with Crippen LogP contribution in [0.5, 0.6) is 11.9 Å². The van der Waals surface area contributed by atoms with Gasteiger partial charge in [0.15, 0.2) is 11.5 Å². The summed E-state index contributed by atoms with van der Waals surface area (Å²) in [4.78, 5) is 15.9. The molecule has 0 amide bonds. The Morgan fingerprint density at radius 2 is 1.94 bits per heavy atom. The highest BCUT2D eigenvalue weighted by Crippen LogP contribution is 2.41. The lowest BCUT2D eigenvalue weighted by atomic mass is 10.1. The van der Waals surface area contributed by atoms with Crippen molar-refractivity contribution in [2.45, 2.75) is 38.6 Å². The maximum Gasteiger partial charge on any atom is 0.434 e. The minimum absolute atomic E-state index is 0.0731. The van der Waals surface area contributed by atoms with E-state index in [1.54, 1.807) is 6.92 Å². The van der Waals surface area contributed by atoms with E-state index in [0.717, 1.165) is 12.3 Å². The molecule has 4 heterocycles. The van der Waals surface area contributed by atoms with E-state index >= 15 is 4.39 Å². The molecule has 9 nitrogen and oxygen atoms in total. The van der Waals surface area contributed by atoms with Crippen molar-refractivity contribution in [2.75, 3.05) is 31.2 Å². The number of aromatic nitrogens is 4. The molecule has 4 rings (SSSR count). The van der Waals surface area contributed by atoms with Gasteiger partial charge in [0.25, 0.3) is 0 Å². The van der Waals surface area contributed by atoms with Crippen LogP contribution in [0.25, 0.3) is 22.2 Å². The SMILES string of the molecule is COc1nc2c3c(nc(-c4cc(N)cnc4C(F)(F)F)c(F)c3n1)OC(C)CC(C)NCCN2. The predicted octanol–water partition coefficient (Wildman–Crippen LogP) is 3.40. The Bertz CT molecular complexity index is 1220. The third kappa shape index (κ3) is 4.60. The number of nitrogen functional groups attached to an aromatic ring is 1. The smallest absolute Gasteiger partial charge is 0.434 e. The third-order valence-corrected chi connectivity index (χ3v) is 5.26. The summed E-state index contributed by atoms with van der Waals surface area (Å²) in [5.74, 6) is -1.05. The van der Waals surface area contributed by atoms with Crippen LogP contribution in [-0.4, -0.2) is 52.3 Å². The van der Waals surface area contributed by atoms with Crippen molar-refractivity contribution in [3.63, 3.8) is 0 Å². The molecule has 34 heavy (non-hydrogen) atoms. The van der Waals surface area contributed by atoms with Crippen LogP contribution in [0.4, 0.5) is 29.1 Å². The first kappa shape index (κ1) is 23.7. The van der Waals surface area contributed by atoms with Crippen molar-refractivity contribution in [2.24, 2.45) is 0 Å². The quantitative estimate of drug-likeness (QED) is 0.473. The highest BCUT2D eigenvalue weighted by molar-refractivity contribution is 5.96. The molecule has 3 aromatic rings. The van der Waals surface area contributed by atoms with Crippen molar-refractivity contribution < 1.29 is 27.0 Å². The molecule has 0 aromatic carbocycles. The molecule has 13 heteroatoms. The van der Waals surface area contributed by atoms with Crippen molar-refractivity contribution in [3.05, 3.63) is 23.8 Å². The van der Waals surface area contributed by atoms with E-state index in [1.165, 1.54) is 7.11 Å². The van der Waals surface area contributed by atoms with E-state index in [1.807, 2.05) is 6.92 Å². The maximum atomic E-state index is 15.8. The molecule has 0 radical (unpaired) electrons. The number of halogens is 4. The summed E-state index contributed by atoms with van der Waals surface area (Å²) in [5, 5.41) is 6.48. The van der Waals surface area contributed by atoms with Gasteiger partial charge in [0, 0.05) is 24.7 Å². The molecule has 0 bridgehead atoms. The topological polar surface area (TPSA) is 120 Å². The van der Waals surface area contributed by atoms with Crippen LogP contribution in [0.3, 0.4) is 0 Å². The van der Waals surface area contributed by atoms with Crippen LogP contribution in [-0.2, 0) is 6.18 Å². The van der Waals surface area contributed by atoms with E-state index in [-0.39, 0.29) is 40.3 Å². The molecule has 0 fully saturated rings. The molecule has 0 saturated carbocycles. The molecular weight excluding hydrogens is 458 g/mol. The average molecular weight is 481 g/mol. The number of nitrogens with one attached hydrogen (secondary N) is 2. The van der Waals surface area contributed by atoms with Crippen LogP contribution in [0.1, 0.15) is 26.0 Å². The van der Waals surface area contributed by atoms with E-state index in [9.17, 15) is 13.2 Å². The number of nitrogens with zero attached hydrogens (tertiary/aromatic N) is 4. The van der Waals surface area contributed by atoms with Crippen LogP contribution in [0.2, 0.25) is 0 Å². The van der Waals surface area contributed by atoms with Gasteiger partial charge in [0.2, 0.25) is 5.88 Å². The van der Waals surface area contributed by atoms with Crippen molar-refractivity contribution >= 4 is 22.4 Å². The Hall–Kier alpha value is -3.48. The number of pyridine rings is 2. The van der Waals surface area contributed by atoms with E-state index in [4.69, 9.17) is 15.2 Å². The van der Waals surface area contributed by atoms with Gasteiger partial charge in [-0.15, -0.1) is 0 Å². The highest BCUT2D eigenvalue weighted by atomic mass is 19.4. The Kier molecular flexibility index (Phi) is 6.30. The Morgan fingerprint density at radius 1 is 1.18 bits per heavy atom. The lowest BCUT2D eigenvalue weighted by molar-refractivity contribution is -0.140. The molecule has 182 valence electrons. The standard InChI is InChI=1S/C21H23F4N7O2/c1-9-6-10(2)34-19-13-16(31-20(33-3)32-18(13)28-5-4-27-9)14(22)15(30-19)12-7-11(26)8-29-17(12)21(23,24)25/h7-10,27H,4-6,26H2,1-3H3,(H,28,31,32). The molecule has 1 aliphatic rings. The number of ether oxygens (including phenoxy) is 2. The summed E-state index contributed by atoms with van der Waals surface area (Å²) < 4.78 is 68.0. The summed E-state index contributed by atoms with van der Waals surface area (Å²) in [6.45, 7) is 4.76. The molecule has 2 unspecified atom stereocenters. The molecular formula is C21H23F4N7O2. The highest BCUT2D eigenvalue weighted by Gasteiger charge is 2.38. The fourth-order valence-electron chi connectivity index (χ4n) is 3.81. The minimum atomic E-state index is -4.88. The number of alkyl halides is 3. The number of methoxy groups -OCH3 is 1. The normalized spacial score (nSPS) is 19.1. The lowest BCUT2D eigenvalue weighted by Crippen LogP contribution is -2.34. The second-order valence-electron chi connectivity index (χ2n) is 7.97. The second-order valence-corrected chi connectivity index (χ2v) is 7.97. The summed E-state index contributed by atoms with van der Waals surface area (Å²) >= 11 is 0. The van der Waals surface area contributed by atoms with Crippen molar-refractivity contribution in [3.8, 4) is 23.1 Å². The first-order chi connectivity index (χ1) is 16.1. The van der Waals surface area contributed by atoms with Gasteiger partial charge >= 0.3 is 12.2 Å². The van der Waals surface area contributed by atoms with Gasteiger partial charge in [-0.1, -0.05) is 0 Å². The molecule has 2 atom stereocenters. The third-order valence-electron chi connectivity index (χ3n) is 5.26. The van der Waals surface area contributed by atoms with Gasteiger partial charge in [-0.3, -0.25) is 0 Å². The first-order valence-electron chi connectivity index (χ1n) is 10.5. The summed E-state index contributed by atoms with van der Waals surface area (Å²) in [6.07, 6.45) is -3.88. The predicted molar refractivity (Wildman–Crippen MR) is 117 cm³/mol. The van der Waals surface area contributed by atoms with Gasteiger partial charge in [0.05, 0.1) is 25.1 Å². The molecule has 0 aliphatic carbocycles. The van der Waals surface area contributed by atoms with Crippen molar-refractivity contribution in [1.82, 2.24) is 25.3 Å². The zero-order valence-corrected chi connectivity index (χ0v) is 18.6. The monoisotopic (exact) mass is 481 g/mol. The van der Waals surface area contributed by atoms with Crippen LogP contribution < -0.4 is 25.8 Å². The average Bonchev–Trinajstić information content (AvgIpc) is 2.79. The van der Waals surface area contributed by atoms with Crippen LogP contribution in [0.15, 0.2) is 12.3 Å². The van der Waals surface area contributed by atoms with Gasteiger partial charge in [-0.25, -0.2) is 14.4 Å². The number of hydrogen-bond donors (Lipinski definition) is 3. The zero-order chi connectivity index (χ0) is 24.6. The second kappa shape index (κ2) is 9.05. The van der Waals surface area contributed by atoms with Gasteiger partial charge in [-0.05, 0) is 26.3 Å². The molecule has 1 aliphatic heterocycles. The summed E-state index contributed by atoms with van der Waals surface area (Å²) in [5.41, 5.74) is 2.68. The largest absolute Gasteiger partial charge is 0.474 e. The Balaban J connectivity index is 2.04.